The maximum Gasteiger partial charge on any atom is 0.0935 e. The maximum atomic E-state index is 6.26. The molecule has 2 rings (SSSR count). The highest BCUT2D eigenvalue weighted by atomic mass is 79.9. The minimum Gasteiger partial charge on any atom is -0.381 e. The van der Waals surface area contributed by atoms with Crippen molar-refractivity contribution in [2.24, 2.45) is 7.05 Å². The molecule has 21 heavy (non-hydrogen) atoms. The van der Waals surface area contributed by atoms with Crippen molar-refractivity contribution in [1.29, 1.82) is 0 Å². The molecule has 0 aliphatic carbocycles. The van der Waals surface area contributed by atoms with Gasteiger partial charge in [-0.2, -0.15) is 5.10 Å². The first-order valence-electron chi connectivity index (χ1n) is 7.77. The van der Waals surface area contributed by atoms with Crippen LogP contribution < -0.4 is 5.32 Å². The van der Waals surface area contributed by atoms with Gasteiger partial charge in [-0.1, -0.05) is 6.92 Å². The summed E-state index contributed by atoms with van der Waals surface area (Å²) in [5, 5.41) is 8.05. The van der Waals surface area contributed by atoms with E-state index in [1.165, 1.54) is 0 Å². The van der Waals surface area contributed by atoms with E-state index in [0.717, 1.165) is 49.2 Å². The van der Waals surface area contributed by atoms with Gasteiger partial charge >= 0.3 is 0 Å². The first-order valence-corrected chi connectivity index (χ1v) is 8.56. The largest absolute Gasteiger partial charge is 0.381 e. The smallest absolute Gasteiger partial charge is 0.0935 e. The number of rotatable bonds is 7. The third kappa shape index (κ3) is 3.67. The Labute approximate surface area is 135 Å². The Hall–Kier alpha value is -0.430. The lowest BCUT2D eigenvalue weighted by molar-refractivity contribution is -0.129. The molecule has 1 aromatic rings. The van der Waals surface area contributed by atoms with Crippen LogP contribution in [0.4, 0.5) is 0 Å². The molecule has 1 N–H and O–H groups in total. The van der Waals surface area contributed by atoms with Crippen LogP contribution in [0, 0.1) is 0 Å². The molecule has 0 spiro atoms. The molecule has 1 saturated heterocycles. The molecule has 1 aliphatic rings. The van der Waals surface area contributed by atoms with Gasteiger partial charge in [-0.3, -0.25) is 4.68 Å². The average Bonchev–Trinajstić information content (AvgIpc) is 2.81. The Morgan fingerprint density at radius 2 is 2.19 bits per heavy atom. The van der Waals surface area contributed by atoms with E-state index >= 15 is 0 Å². The zero-order chi connectivity index (χ0) is 15.3. The van der Waals surface area contributed by atoms with Crippen molar-refractivity contribution in [2.75, 3.05) is 26.4 Å². The van der Waals surface area contributed by atoms with Crippen LogP contribution in [0.15, 0.2) is 10.7 Å². The van der Waals surface area contributed by atoms with Crippen molar-refractivity contribution in [3.8, 4) is 0 Å². The summed E-state index contributed by atoms with van der Waals surface area (Å²) in [5.41, 5.74) is 0.928. The molecule has 0 bridgehead atoms. The van der Waals surface area contributed by atoms with Gasteiger partial charge in [0.15, 0.2) is 0 Å². The van der Waals surface area contributed by atoms with Crippen molar-refractivity contribution in [2.45, 2.75) is 44.8 Å². The van der Waals surface area contributed by atoms with Crippen LogP contribution in [-0.4, -0.2) is 41.7 Å². The molecule has 1 unspecified atom stereocenters. The van der Waals surface area contributed by atoms with Crippen molar-refractivity contribution in [3.05, 3.63) is 16.4 Å². The van der Waals surface area contributed by atoms with Gasteiger partial charge < -0.3 is 14.8 Å². The maximum absolute atomic E-state index is 6.26. The number of halogens is 1. The molecule has 0 amide bonds. The molecule has 120 valence electrons. The van der Waals surface area contributed by atoms with Crippen LogP contribution in [0.2, 0.25) is 0 Å². The highest BCUT2D eigenvalue weighted by Gasteiger charge is 2.43. The van der Waals surface area contributed by atoms with Gasteiger partial charge in [-0.25, -0.2) is 0 Å². The summed E-state index contributed by atoms with van der Waals surface area (Å²) in [6.07, 6.45) is 4.75. The Balaban J connectivity index is 2.36. The molecule has 5 nitrogen and oxygen atoms in total. The molecule has 2 heterocycles. The molecule has 1 aromatic heterocycles. The van der Waals surface area contributed by atoms with E-state index in [1.807, 2.05) is 17.9 Å². The number of nitrogens with one attached hydrogen (secondary N) is 1. The van der Waals surface area contributed by atoms with Crippen LogP contribution in [0.25, 0.3) is 0 Å². The lowest BCUT2D eigenvalue weighted by Crippen LogP contribution is -2.50. The van der Waals surface area contributed by atoms with Gasteiger partial charge in [0, 0.05) is 39.7 Å². The number of aromatic nitrogens is 2. The Kier molecular flexibility index (Phi) is 6.22. The van der Waals surface area contributed by atoms with E-state index in [9.17, 15) is 0 Å². The molecule has 0 aromatic carbocycles. The fourth-order valence-electron chi connectivity index (χ4n) is 3.09. The Morgan fingerprint density at radius 1 is 1.48 bits per heavy atom. The number of hydrogen-bond acceptors (Lipinski definition) is 4. The molecule has 1 atom stereocenters. The third-order valence-corrected chi connectivity index (χ3v) is 4.72. The number of aryl methyl sites for hydroxylation is 1. The quantitative estimate of drug-likeness (QED) is 0.812. The summed E-state index contributed by atoms with van der Waals surface area (Å²) in [5.74, 6) is 0. The average molecular weight is 360 g/mol. The minimum atomic E-state index is -0.224. The van der Waals surface area contributed by atoms with E-state index in [2.05, 4.69) is 40.2 Å². The second kappa shape index (κ2) is 7.72. The summed E-state index contributed by atoms with van der Waals surface area (Å²) in [6, 6.07) is 0.114. The van der Waals surface area contributed by atoms with Gasteiger partial charge in [0.25, 0.3) is 0 Å². The van der Waals surface area contributed by atoms with E-state index in [4.69, 9.17) is 9.47 Å². The van der Waals surface area contributed by atoms with Gasteiger partial charge in [-0.05, 0) is 35.8 Å². The van der Waals surface area contributed by atoms with Gasteiger partial charge in [0.1, 0.15) is 0 Å². The predicted molar refractivity (Wildman–Crippen MR) is 86.4 cm³/mol. The summed E-state index contributed by atoms with van der Waals surface area (Å²) in [6.45, 7) is 7.41. The predicted octanol–water partition coefficient (Wildman–Crippen LogP) is 2.81. The zero-order valence-corrected chi connectivity index (χ0v) is 14.8. The second-order valence-corrected chi connectivity index (χ2v) is 6.35. The molecule has 1 fully saturated rings. The van der Waals surface area contributed by atoms with Crippen LogP contribution in [0.3, 0.4) is 0 Å². The third-order valence-electron chi connectivity index (χ3n) is 4.11. The normalized spacial score (nSPS) is 19.6. The monoisotopic (exact) mass is 359 g/mol. The fourth-order valence-corrected chi connectivity index (χ4v) is 3.66. The molecular formula is C15H26BrN3O2. The van der Waals surface area contributed by atoms with Crippen molar-refractivity contribution < 1.29 is 9.47 Å². The topological polar surface area (TPSA) is 48.3 Å². The van der Waals surface area contributed by atoms with E-state index < -0.39 is 0 Å². The Morgan fingerprint density at radius 3 is 2.71 bits per heavy atom. The van der Waals surface area contributed by atoms with Crippen LogP contribution in [-0.2, 0) is 16.5 Å². The van der Waals surface area contributed by atoms with Crippen LogP contribution in [0.5, 0.6) is 0 Å². The van der Waals surface area contributed by atoms with Crippen molar-refractivity contribution in [3.63, 3.8) is 0 Å². The lowest BCUT2D eigenvalue weighted by Gasteiger charge is -2.43. The fraction of sp³-hybridized carbons (Fsp3) is 0.800. The van der Waals surface area contributed by atoms with Crippen molar-refractivity contribution in [1.82, 2.24) is 15.1 Å². The summed E-state index contributed by atoms with van der Waals surface area (Å²) in [4.78, 5) is 0. The molecule has 6 heteroatoms. The van der Waals surface area contributed by atoms with E-state index in [-0.39, 0.29) is 11.6 Å². The highest BCUT2D eigenvalue weighted by molar-refractivity contribution is 9.10. The van der Waals surface area contributed by atoms with E-state index in [1.54, 1.807) is 0 Å². The molecule has 0 radical (unpaired) electrons. The first kappa shape index (κ1) is 16.9. The second-order valence-electron chi connectivity index (χ2n) is 5.50. The van der Waals surface area contributed by atoms with Crippen LogP contribution >= 0.6 is 15.9 Å². The SMILES string of the molecule is CCCNC(c1c(Br)cnn1C)C1(OCC)CCOCC1. The van der Waals surface area contributed by atoms with Gasteiger partial charge in [0.2, 0.25) is 0 Å². The zero-order valence-electron chi connectivity index (χ0n) is 13.2. The van der Waals surface area contributed by atoms with E-state index in [0.29, 0.717) is 6.61 Å². The summed E-state index contributed by atoms with van der Waals surface area (Å²) in [7, 11) is 1.99. The summed E-state index contributed by atoms with van der Waals surface area (Å²) < 4.78 is 14.8. The lowest BCUT2D eigenvalue weighted by atomic mass is 9.83. The van der Waals surface area contributed by atoms with Crippen LogP contribution in [0.1, 0.15) is 44.8 Å². The van der Waals surface area contributed by atoms with Crippen molar-refractivity contribution >= 4 is 15.9 Å². The first-order chi connectivity index (χ1) is 10.1. The van der Waals surface area contributed by atoms with Gasteiger partial charge in [-0.15, -0.1) is 0 Å². The molecule has 0 saturated carbocycles. The number of hydrogen-bond donors (Lipinski definition) is 1. The van der Waals surface area contributed by atoms with Gasteiger partial charge in [0.05, 0.1) is 28.0 Å². The Bertz CT molecular complexity index is 419. The summed E-state index contributed by atoms with van der Waals surface area (Å²) >= 11 is 3.64. The standard InChI is InChI=1S/C15H26BrN3O2/c1-4-8-17-14(13-12(16)11-18-19(13)3)15(21-5-2)6-9-20-10-7-15/h11,14,17H,4-10H2,1-3H3. The minimum absolute atomic E-state index is 0.114. The molecular weight excluding hydrogens is 334 g/mol. The highest BCUT2D eigenvalue weighted by Crippen LogP contribution is 2.40. The molecule has 1 aliphatic heterocycles. The number of ether oxygens (including phenoxy) is 2. The number of nitrogens with zero attached hydrogens (tertiary/aromatic N) is 2.